The normalized spacial score (nSPS) is 22.2. The molecule has 264 valence electrons. The molecule has 2 fully saturated rings. The Morgan fingerprint density at radius 2 is 1.78 bits per heavy atom. The molecule has 2 aromatic carbocycles. The highest BCUT2D eigenvalue weighted by atomic mass is 19.1. The number of rotatable bonds is 8. The third-order valence-corrected chi connectivity index (χ3v) is 10.3. The molecule has 5 heterocycles. The van der Waals surface area contributed by atoms with Gasteiger partial charge in [0.05, 0.1) is 36.5 Å². The number of halogens is 2. The summed E-state index contributed by atoms with van der Waals surface area (Å²) in [6.07, 6.45) is 8.20. The molecule has 3 aliphatic heterocycles. The van der Waals surface area contributed by atoms with Gasteiger partial charge in [0.15, 0.2) is 5.65 Å². The minimum absolute atomic E-state index is 0.00621. The predicted octanol–water partition coefficient (Wildman–Crippen LogP) is 4.43. The number of morpholine rings is 1. The minimum atomic E-state index is -0.661. The maximum absolute atomic E-state index is 14.6. The number of nitrogens with one attached hydrogen (secondary N) is 1. The van der Waals surface area contributed by atoms with Gasteiger partial charge in [-0.2, -0.15) is 0 Å². The first-order valence-corrected chi connectivity index (χ1v) is 17.5. The molecule has 4 aliphatic rings. The van der Waals surface area contributed by atoms with E-state index in [4.69, 9.17) is 4.74 Å². The van der Waals surface area contributed by atoms with Gasteiger partial charge >= 0.3 is 5.69 Å². The first kappa shape index (κ1) is 33.2. The summed E-state index contributed by atoms with van der Waals surface area (Å²) in [6, 6.07) is 13.7. The van der Waals surface area contributed by atoms with Crippen LogP contribution in [-0.2, 0) is 11.3 Å². The molecule has 2 aromatic heterocycles. The van der Waals surface area contributed by atoms with Crippen LogP contribution >= 0.6 is 0 Å². The largest absolute Gasteiger partial charge is 0.508 e. The van der Waals surface area contributed by atoms with Crippen molar-refractivity contribution in [1.29, 1.82) is 0 Å². The molecule has 11 nitrogen and oxygen atoms in total. The molecule has 2 N–H and O–H groups in total. The van der Waals surface area contributed by atoms with E-state index in [-0.39, 0.29) is 40.7 Å². The Morgan fingerprint density at radius 1 is 0.980 bits per heavy atom. The Bertz CT molecular complexity index is 2180. The summed E-state index contributed by atoms with van der Waals surface area (Å²) >= 11 is 0. The molecule has 0 amide bonds. The van der Waals surface area contributed by atoms with E-state index in [2.05, 4.69) is 20.2 Å². The number of phenolic OH excluding ortho intramolecular Hbond substituents is 1. The fraction of sp³-hybridized carbons (Fsp3) is 0.368. The van der Waals surface area contributed by atoms with Crippen LogP contribution in [0.5, 0.6) is 5.75 Å². The molecule has 8 rings (SSSR count). The van der Waals surface area contributed by atoms with Gasteiger partial charge in [-0.15, -0.1) is 0 Å². The van der Waals surface area contributed by atoms with Crippen molar-refractivity contribution in [2.75, 3.05) is 39.4 Å². The highest BCUT2D eigenvalue weighted by molar-refractivity contribution is 5.96. The maximum Gasteiger partial charge on any atom is 0.337 e. The summed E-state index contributed by atoms with van der Waals surface area (Å²) in [5.74, 6) is -0.0171. The van der Waals surface area contributed by atoms with Crippen LogP contribution in [0.4, 0.5) is 8.78 Å². The van der Waals surface area contributed by atoms with Gasteiger partial charge in [0.1, 0.15) is 23.2 Å². The fourth-order valence-electron chi connectivity index (χ4n) is 7.72. The second-order valence-corrected chi connectivity index (χ2v) is 13.6. The van der Waals surface area contributed by atoms with Crippen molar-refractivity contribution in [3.63, 3.8) is 0 Å². The Labute approximate surface area is 292 Å². The van der Waals surface area contributed by atoms with Crippen LogP contribution in [0.3, 0.4) is 0 Å². The first-order chi connectivity index (χ1) is 24.8. The summed E-state index contributed by atoms with van der Waals surface area (Å²) in [5, 5.41) is 14.5. The van der Waals surface area contributed by atoms with E-state index < -0.39 is 17.1 Å². The lowest BCUT2D eigenvalue weighted by molar-refractivity contribution is 0.0339. The number of aromatic hydroxyl groups is 1. The Hall–Kier alpha value is -4.98. The van der Waals surface area contributed by atoms with E-state index in [1.165, 1.54) is 21.4 Å². The van der Waals surface area contributed by atoms with Crippen LogP contribution in [0.1, 0.15) is 37.3 Å². The fourth-order valence-corrected chi connectivity index (χ4v) is 7.72. The number of nitrogens with zero attached hydrogens (tertiary/aromatic N) is 6. The van der Waals surface area contributed by atoms with Gasteiger partial charge in [0.25, 0.3) is 5.56 Å². The molecule has 0 bridgehead atoms. The molecule has 4 aromatic rings. The van der Waals surface area contributed by atoms with Crippen molar-refractivity contribution < 1.29 is 18.6 Å². The zero-order valence-electron chi connectivity index (χ0n) is 28.0. The number of pyridine rings is 1. The summed E-state index contributed by atoms with van der Waals surface area (Å²) in [6.45, 7) is 4.54. The molecular formula is C38H39F2N7O4. The lowest BCUT2D eigenvalue weighted by atomic mass is 9.90. The highest BCUT2D eigenvalue weighted by Crippen LogP contribution is 2.33. The van der Waals surface area contributed by atoms with Crippen LogP contribution in [-0.4, -0.2) is 86.3 Å². The molecule has 1 unspecified atom stereocenters. The predicted molar refractivity (Wildman–Crippen MR) is 190 cm³/mol. The number of aliphatic imine (C=N–C) groups is 1. The van der Waals surface area contributed by atoms with Gasteiger partial charge in [-0.3, -0.25) is 19.3 Å². The van der Waals surface area contributed by atoms with Gasteiger partial charge in [-0.1, -0.05) is 24.3 Å². The van der Waals surface area contributed by atoms with Gasteiger partial charge in [0.2, 0.25) is 0 Å². The molecule has 1 saturated carbocycles. The quantitative estimate of drug-likeness (QED) is 0.278. The van der Waals surface area contributed by atoms with E-state index >= 15 is 0 Å². The van der Waals surface area contributed by atoms with Crippen LogP contribution in [0.15, 0.2) is 93.5 Å². The van der Waals surface area contributed by atoms with Gasteiger partial charge in [0, 0.05) is 56.6 Å². The summed E-state index contributed by atoms with van der Waals surface area (Å²) < 4.78 is 36.4. The summed E-state index contributed by atoms with van der Waals surface area (Å²) in [5.41, 5.74) is 1.83. The van der Waals surface area contributed by atoms with Crippen molar-refractivity contribution in [3.05, 3.63) is 111 Å². The lowest BCUT2D eigenvalue weighted by Crippen LogP contribution is -2.45. The lowest BCUT2D eigenvalue weighted by Gasteiger charge is -2.31. The maximum atomic E-state index is 14.6. The van der Waals surface area contributed by atoms with Crippen molar-refractivity contribution in [2.24, 2.45) is 4.99 Å². The second-order valence-electron chi connectivity index (χ2n) is 13.6. The molecule has 51 heavy (non-hydrogen) atoms. The van der Waals surface area contributed by atoms with Gasteiger partial charge in [-0.05, 0) is 73.2 Å². The van der Waals surface area contributed by atoms with E-state index in [0.29, 0.717) is 51.4 Å². The average Bonchev–Trinajstić information content (AvgIpc) is 3.55. The molecule has 1 aliphatic carbocycles. The van der Waals surface area contributed by atoms with Crippen LogP contribution in [0.2, 0.25) is 0 Å². The van der Waals surface area contributed by atoms with Crippen molar-refractivity contribution in [2.45, 2.75) is 50.4 Å². The van der Waals surface area contributed by atoms with Gasteiger partial charge in [-0.25, -0.2) is 23.1 Å². The number of hydrogen-bond donors (Lipinski definition) is 2. The smallest absolute Gasteiger partial charge is 0.337 e. The minimum Gasteiger partial charge on any atom is -0.508 e. The van der Waals surface area contributed by atoms with Gasteiger partial charge < -0.3 is 20.1 Å². The van der Waals surface area contributed by atoms with E-state index in [9.17, 15) is 23.5 Å². The summed E-state index contributed by atoms with van der Waals surface area (Å²) in [7, 11) is 0. The summed E-state index contributed by atoms with van der Waals surface area (Å²) in [4.78, 5) is 41.3. The standard InChI is InChI=1S/C38H39F2N7O4/c39-25-7-12-35-43-28(22-45(35)21-25)20-41-27-8-10-29(11-9-27)47-37(49)32-18-26(40)19-42-36(32)46(38(47)50)30-4-1-3-24(17-30)31-5-2-6-34(48)33(31)23-44-13-15-51-16-14-44/h1-7,12,17-19,21,27-29,41,48H,8-11,13-16,20,22-23H2. The Morgan fingerprint density at radius 3 is 2.61 bits per heavy atom. The Kier molecular flexibility index (Phi) is 9.09. The van der Waals surface area contributed by atoms with Crippen LogP contribution < -0.4 is 16.6 Å². The molecule has 1 saturated heterocycles. The first-order valence-electron chi connectivity index (χ1n) is 17.5. The van der Waals surface area contributed by atoms with E-state index in [1.807, 2.05) is 29.2 Å². The highest BCUT2D eigenvalue weighted by Gasteiger charge is 2.29. The van der Waals surface area contributed by atoms with Crippen LogP contribution in [0, 0.1) is 5.82 Å². The van der Waals surface area contributed by atoms with E-state index in [0.717, 1.165) is 60.7 Å². The average molecular weight is 696 g/mol. The number of hydrogen-bond acceptors (Lipinski definition) is 9. The van der Waals surface area contributed by atoms with Crippen molar-refractivity contribution in [1.82, 2.24) is 29.2 Å². The number of amidine groups is 1. The monoisotopic (exact) mass is 695 g/mol. The number of allylic oxidation sites excluding steroid dienone is 2. The molecule has 0 radical (unpaired) electrons. The molecule has 1 atom stereocenters. The SMILES string of the molecule is O=c1c2cc(F)cnc2n(-c2cccc(-c3cccc(O)c3CN3CCOCC3)c2)c(=O)n1C1CCC(NCC2CN3C=C(F)C=CC3=N2)CC1. The van der Waals surface area contributed by atoms with Crippen molar-refractivity contribution >= 4 is 16.9 Å². The zero-order valence-corrected chi connectivity index (χ0v) is 28.0. The number of ether oxygens (including phenoxy) is 1. The number of benzene rings is 2. The number of phenols is 1. The second kappa shape index (κ2) is 14.0. The number of aromatic nitrogens is 3. The van der Waals surface area contributed by atoms with Crippen LogP contribution in [0.25, 0.3) is 27.8 Å². The van der Waals surface area contributed by atoms with Crippen molar-refractivity contribution in [3.8, 4) is 22.6 Å². The number of fused-ring (bicyclic) bond motifs is 2. The topological polar surface area (TPSA) is 117 Å². The zero-order chi connectivity index (χ0) is 35.1. The third kappa shape index (κ3) is 6.64. The Balaban J connectivity index is 1.07. The molecule has 13 heteroatoms. The third-order valence-electron chi connectivity index (χ3n) is 10.3. The molecular weight excluding hydrogens is 656 g/mol. The van der Waals surface area contributed by atoms with E-state index in [1.54, 1.807) is 24.3 Å². The molecule has 0 spiro atoms.